The number of thiocarbonyl (C=S) groups is 1. The number of carbonyl (C=O) groups is 1. The Morgan fingerprint density at radius 3 is 2.50 bits per heavy atom. The molecule has 2 N–H and O–H groups in total. The first-order chi connectivity index (χ1) is 8.28. The minimum Gasteiger partial charge on any atom is -0.444 e. The van der Waals surface area contributed by atoms with E-state index in [1.54, 1.807) is 4.90 Å². The third kappa shape index (κ3) is 5.64. The minimum absolute atomic E-state index is 0.236. The van der Waals surface area contributed by atoms with Gasteiger partial charge in [0.05, 0.1) is 4.99 Å². The fraction of sp³-hybridized carbons (Fsp3) is 0.833. The van der Waals surface area contributed by atoms with E-state index in [2.05, 4.69) is 4.90 Å². The molecule has 0 radical (unpaired) electrons. The molecule has 1 aliphatic rings. The fourth-order valence-electron chi connectivity index (χ4n) is 1.86. The topological polar surface area (TPSA) is 58.8 Å². The van der Waals surface area contributed by atoms with Gasteiger partial charge in [-0.15, -0.1) is 0 Å². The molecule has 0 saturated carbocycles. The average molecular weight is 273 g/mol. The van der Waals surface area contributed by atoms with E-state index in [0.29, 0.717) is 18.1 Å². The monoisotopic (exact) mass is 273 g/mol. The van der Waals surface area contributed by atoms with Gasteiger partial charge in [0, 0.05) is 32.7 Å². The van der Waals surface area contributed by atoms with Crippen molar-refractivity contribution in [3.63, 3.8) is 0 Å². The normalized spacial score (nSPS) is 18.3. The second kappa shape index (κ2) is 6.33. The molecule has 18 heavy (non-hydrogen) atoms. The van der Waals surface area contributed by atoms with Gasteiger partial charge in [-0.05, 0) is 27.2 Å². The number of rotatable bonds is 2. The number of nitrogens with two attached hydrogens (primary N) is 1. The summed E-state index contributed by atoms with van der Waals surface area (Å²) in [6.07, 6.45) is 0.682. The standard InChI is InChI=1S/C12H23N3O2S/c1-12(2,3)17-11(16)15-6-4-5-14(7-8-15)9-10(13)18/h4-9H2,1-3H3,(H2,13,18). The summed E-state index contributed by atoms with van der Waals surface area (Å²) in [7, 11) is 0. The van der Waals surface area contributed by atoms with Crippen LogP contribution in [0.25, 0.3) is 0 Å². The van der Waals surface area contributed by atoms with Gasteiger partial charge in [0.1, 0.15) is 5.60 Å². The molecular weight excluding hydrogens is 250 g/mol. The van der Waals surface area contributed by atoms with Crippen molar-refractivity contribution in [2.75, 3.05) is 32.7 Å². The molecule has 1 heterocycles. The number of hydrogen-bond donors (Lipinski definition) is 1. The van der Waals surface area contributed by atoms with E-state index in [0.717, 1.165) is 26.1 Å². The summed E-state index contributed by atoms with van der Waals surface area (Å²) < 4.78 is 5.37. The lowest BCUT2D eigenvalue weighted by molar-refractivity contribution is 0.0258. The molecule has 5 nitrogen and oxygen atoms in total. The van der Waals surface area contributed by atoms with Crippen LogP contribution in [0.4, 0.5) is 4.79 Å². The summed E-state index contributed by atoms with van der Waals surface area (Å²) in [6.45, 7) is 9.34. The Labute approximate surface area is 114 Å². The highest BCUT2D eigenvalue weighted by atomic mass is 32.1. The van der Waals surface area contributed by atoms with E-state index in [4.69, 9.17) is 22.7 Å². The molecule has 1 saturated heterocycles. The molecule has 0 aromatic heterocycles. The molecule has 6 heteroatoms. The summed E-state index contributed by atoms with van der Waals surface area (Å²) >= 11 is 4.90. The molecule has 0 spiro atoms. The molecule has 0 aromatic carbocycles. The van der Waals surface area contributed by atoms with Gasteiger partial charge < -0.3 is 15.4 Å². The Balaban J connectivity index is 2.46. The summed E-state index contributed by atoms with van der Waals surface area (Å²) in [4.78, 5) is 16.4. The van der Waals surface area contributed by atoms with E-state index >= 15 is 0 Å². The molecular formula is C12H23N3O2S. The molecule has 1 rings (SSSR count). The van der Waals surface area contributed by atoms with Gasteiger partial charge in [-0.3, -0.25) is 4.90 Å². The minimum atomic E-state index is -0.443. The first-order valence-electron chi connectivity index (χ1n) is 6.26. The van der Waals surface area contributed by atoms with Gasteiger partial charge in [0.2, 0.25) is 0 Å². The molecule has 0 aliphatic carbocycles. The van der Waals surface area contributed by atoms with Crippen LogP contribution in [0.1, 0.15) is 27.2 Å². The summed E-state index contributed by atoms with van der Waals surface area (Å²) in [6, 6.07) is 0. The van der Waals surface area contributed by atoms with Crippen LogP contribution in [0.2, 0.25) is 0 Å². The van der Waals surface area contributed by atoms with Crippen LogP contribution < -0.4 is 5.73 Å². The Morgan fingerprint density at radius 2 is 1.94 bits per heavy atom. The van der Waals surface area contributed by atoms with E-state index in [1.165, 1.54) is 0 Å². The zero-order valence-electron chi connectivity index (χ0n) is 11.4. The molecule has 104 valence electrons. The van der Waals surface area contributed by atoms with Crippen molar-refractivity contribution in [2.24, 2.45) is 5.73 Å². The van der Waals surface area contributed by atoms with Crippen LogP contribution in [-0.4, -0.2) is 59.2 Å². The van der Waals surface area contributed by atoms with E-state index in [9.17, 15) is 4.79 Å². The zero-order chi connectivity index (χ0) is 13.8. The fourth-order valence-corrected chi connectivity index (χ4v) is 2.04. The van der Waals surface area contributed by atoms with E-state index in [1.807, 2.05) is 20.8 Å². The zero-order valence-corrected chi connectivity index (χ0v) is 12.3. The van der Waals surface area contributed by atoms with Crippen molar-refractivity contribution in [3.8, 4) is 0 Å². The van der Waals surface area contributed by atoms with Crippen LogP contribution in [0.3, 0.4) is 0 Å². The number of ether oxygens (including phenoxy) is 1. The highest BCUT2D eigenvalue weighted by Crippen LogP contribution is 2.11. The van der Waals surface area contributed by atoms with E-state index in [-0.39, 0.29) is 6.09 Å². The van der Waals surface area contributed by atoms with Gasteiger partial charge in [0.25, 0.3) is 0 Å². The van der Waals surface area contributed by atoms with Gasteiger partial charge in [-0.1, -0.05) is 12.2 Å². The van der Waals surface area contributed by atoms with Gasteiger partial charge in [-0.2, -0.15) is 0 Å². The first kappa shape index (κ1) is 15.2. The molecule has 1 fully saturated rings. The number of hydrogen-bond acceptors (Lipinski definition) is 4. The lowest BCUT2D eigenvalue weighted by atomic mass is 10.2. The molecule has 0 unspecified atom stereocenters. The summed E-state index contributed by atoms with van der Waals surface area (Å²) in [5, 5.41) is 0. The molecule has 0 bridgehead atoms. The van der Waals surface area contributed by atoms with Crippen molar-refractivity contribution in [1.29, 1.82) is 0 Å². The Bertz CT molecular complexity index is 315. The summed E-state index contributed by atoms with van der Waals surface area (Å²) in [5.74, 6) is 0. The first-order valence-corrected chi connectivity index (χ1v) is 6.67. The van der Waals surface area contributed by atoms with Gasteiger partial charge >= 0.3 is 6.09 Å². The van der Waals surface area contributed by atoms with Crippen molar-refractivity contribution < 1.29 is 9.53 Å². The lowest BCUT2D eigenvalue weighted by Gasteiger charge is -2.26. The molecule has 1 aliphatic heterocycles. The van der Waals surface area contributed by atoms with Crippen molar-refractivity contribution in [1.82, 2.24) is 9.80 Å². The van der Waals surface area contributed by atoms with Crippen molar-refractivity contribution in [3.05, 3.63) is 0 Å². The maximum Gasteiger partial charge on any atom is 0.410 e. The van der Waals surface area contributed by atoms with Crippen LogP contribution in [-0.2, 0) is 4.74 Å². The quantitative estimate of drug-likeness (QED) is 0.767. The van der Waals surface area contributed by atoms with Crippen LogP contribution in [0.15, 0.2) is 0 Å². The SMILES string of the molecule is CC(C)(C)OC(=O)N1CCCN(CC(N)=S)CC1. The number of amides is 1. The third-order valence-corrected chi connectivity index (χ3v) is 2.75. The second-order valence-electron chi connectivity index (χ2n) is 5.56. The van der Waals surface area contributed by atoms with Gasteiger partial charge in [0.15, 0.2) is 0 Å². The largest absolute Gasteiger partial charge is 0.444 e. The van der Waals surface area contributed by atoms with E-state index < -0.39 is 5.60 Å². The van der Waals surface area contributed by atoms with Crippen LogP contribution in [0.5, 0.6) is 0 Å². The maximum atomic E-state index is 11.9. The predicted octanol–water partition coefficient (Wildman–Crippen LogP) is 1.22. The maximum absolute atomic E-state index is 11.9. The third-order valence-electron chi connectivity index (χ3n) is 2.62. The summed E-state index contributed by atoms with van der Waals surface area (Å²) in [5.41, 5.74) is 5.09. The Kier molecular flexibility index (Phi) is 5.34. The lowest BCUT2D eigenvalue weighted by Crippen LogP contribution is -2.40. The van der Waals surface area contributed by atoms with Crippen molar-refractivity contribution >= 4 is 23.3 Å². The van der Waals surface area contributed by atoms with Crippen molar-refractivity contribution in [2.45, 2.75) is 32.8 Å². The number of carbonyl (C=O) groups excluding carboxylic acids is 1. The Morgan fingerprint density at radius 1 is 1.28 bits per heavy atom. The van der Waals surface area contributed by atoms with Crippen LogP contribution >= 0.6 is 12.2 Å². The van der Waals surface area contributed by atoms with Crippen LogP contribution in [0, 0.1) is 0 Å². The number of nitrogens with zero attached hydrogens (tertiary/aromatic N) is 2. The highest BCUT2D eigenvalue weighted by molar-refractivity contribution is 7.80. The molecule has 0 atom stereocenters. The van der Waals surface area contributed by atoms with Gasteiger partial charge in [-0.25, -0.2) is 4.79 Å². The molecule has 0 aromatic rings. The second-order valence-corrected chi connectivity index (χ2v) is 6.09. The molecule has 1 amide bonds. The smallest absolute Gasteiger partial charge is 0.410 e. The highest BCUT2D eigenvalue weighted by Gasteiger charge is 2.24. The average Bonchev–Trinajstić information content (AvgIpc) is 2.39. The Hall–Kier alpha value is -0.880. The predicted molar refractivity (Wildman–Crippen MR) is 75.6 cm³/mol.